The molecular formula is C20H22ClN7O5S. The minimum atomic E-state index is -0.899. The van der Waals surface area contributed by atoms with Crippen LogP contribution < -0.4 is 16.2 Å². The maximum absolute atomic E-state index is 12.6. The van der Waals surface area contributed by atoms with Crippen LogP contribution >= 0.6 is 22.9 Å². The second kappa shape index (κ2) is 8.74. The number of rotatable bonds is 6. The topological polar surface area (TPSA) is 142 Å². The van der Waals surface area contributed by atoms with Crippen molar-refractivity contribution < 1.29 is 23.8 Å². The van der Waals surface area contributed by atoms with Gasteiger partial charge in [0.1, 0.15) is 12.2 Å². The van der Waals surface area contributed by atoms with Crippen LogP contribution in [0, 0.1) is 0 Å². The number of imidazole rings is 1. The van der Waals surface area contributed by atoms with Gasteiger partial charge in [0.25, 0.3) is 11.8 Å². The summed E-state index contributed by atoms with van der Waals surface area (Å²) in [6.07, 6.45) is -1.36. The first kappa shape index (κ1) is 22.9. The number of amides is 2. The number of carbonyl (C=O) groups excluding carboxylic acids is 2. The van der Waals surface area contributed by atoms with E-state index in [2.05, 4.69) is 31.1 Å². The van der Waals surface area contributed by atoms with Crippen molar-refractivity contribution in [1.29, 1.82) is 0 Å². The number of fused-ring (bicyclic) bond motifs is 2. The highest BCUT2D eigenvalue weighted by Crippen LogP contribution is 2.44. The molecule has 2 aliphatic rings. The molecule has 4 atom stereocenters. The van der Waals surface area contributed by atoms with Crippen molar-refractivity contribution in [3.8, 4) is 0 Å². The summed E-state index contributed by atoms with van der Waals surface area (Å²) in [6, 6.07) is 1.70. The highest BCUT2D eigenvalue weighted by atomic mass is 35.5. The fourth-order valence-electron chi connectivity index (χ4n) is 4.03. The number of carbonyl (C=O) groups is 2. The molecule has 14 heteroatoms. The molecule has 2 saturated heterocycles. The zero-order valence-corrected chi connectivity index (χ0v) is 20.0. The van der Waals surface area contributed by atoms with Crippen LogP contribution in [-0.4, -0.2) is 62.0 Å². The number of nitrogens with zero attached hydrogens (tertiary/aromatic N) is 4. The average molecular weight is 508 g/mol. The van der Waals surface area contributed by atoms with Gasteiger partial charge in [0.15, 0.2) is 35.1 Å². The highest BCUT2D eigenvalue weighted by Gasteiger charge is 2.58. The number of aromatic nitrogens is 4. The van der Waals surface area contributed by atoms with Crippen LogP contribution in [0.1, 0.15) is 37.4 Å². The molecule has 0 radical (unpaired) electrons. The Balaban J connectivity index is 1.46. The van der Waals surface area contributed by atoms with Gasteiger partial charge in [-0.1, -0.05) is 0 Å². The number of halogens is 1. The quantitative estimate of drug-likeness (QED) is 0.336. The molecule has 2 amide bonds. The van der Waals surface area contributed by atoms with Crippen molar-refractivity contribution in [2.24, 2.45) is 0 Å². The molecule has 0 aromatic carbocycles. The standard InChI is InChI=1S/C20H22ClN7O5S/c1-4-22-17(30)12-11-13(33-20(2,3)32-11)18(31-12)28-8-23-10-14(24-19(21)25-15(10)28)26-27-16(29)9-5-6-34-7-9/h5-8,11-13,18H,4H2,1-3H3,(H,22,30)(H,27,29)(H,24,25,26)/t11-,12+,13-,18-/m1/s1. The van der Waals surface area contributed by atoms with Crippen LogP contribution in [0.15, 0.2) is 23.2 Å². The molecule has 0 aliphatic carbocycles. The van der Waals surface area contributed by atoms with Crippen LogP contribution in [-0.2, 0) is 19.0 Å². The number of nitrogens with one attached hydrogen (secondary N) is 3. The van der Waals surface area contributed by atoms with Gasteiger partial charge in [-0.3, -0.25) is 25.0 Å². The second-order valence-electron chi connectivity index (χ2n) is 8.16. The zero-order chi connectivity index (χ0) is 24.0. The van der Waals surface area contributed by atoms with Crippen molar-refractivity contribution in [1.82, 2.24) is 30.3 Å². The summed E-state index contributed by atoms with van der Waals surface area (Å²) in [6.45, 7) is 5.83. The van der Waals surface area contributed by atoms with E-state index in [4.69, 9.17) is 25.8 Å². The Morgan fingerprint density at radius 2 is 2.06 bits per heavy atom. The highest BCUT2D eigenvalue weighted by molar-refractivity contribution is 7.08. The number of likely N-dealkylation sites (N-methyl/N-ethyl adjacent to an activating group) is 1. The van der Waals surface area contributed by atoms with Crippen LogP contribution in [0.5, 0.6) is 0 Å². The summed E-state index contributed by atoms with van der Waals surface area (Å²) < 4.78 is 19.8. The second-order valence-corrected chi connectivity index (χ2v) is 9.28. The van der Waals surface area contributed by atoms with Gasteiger partial charge in [-0.05, 0) is 43.8 Å². The lowest BCUT2D eigenvalue weighted by molar-refractivity contribution is -0.197. The normalized spacial score (nSPS) is 25.3. The van der Waals surface area contributed by atoms with Gasteiger partial charge in [-0.2, -0.15) is 21.3 Å². The predicted octanol–water partition coefficient (Wildman–Crippen LogP) is 1.85. The van der Waals surface area contributed by atoms with Crippen LogP contribution in [0.25, 0.3) is 11.2 Å². The Morgan fingerprint density at radius 3 is 2.79 bits per heavy atom. The average Bonchev–Trinajstić information content (AvgIpc) is 3.55. The number of anilines is 1. The Bertz CT molecular complexity index is 1230. The third-order valence-corrected chi connectivity index (χ3v) is 6.24. The predicted molar refractivity (Wildman–Crippen MR) is 122 cm³/mol. The largest absolute Gasteiger partial charge is 0.354 e. The van der Waals surface area contributed by atoms with Gasteiger partial charge in [0.05, 0.1) is 11.9 Å². The van der Waals surface area contributed by atoms with Crippen molar-refractivity contribution in [2.75, 3.05) is 12.0 Å². The van der Waals surface area contributed by atoms with Crippen molar-refractivity contribution in [3.05, 3.63) is 34.0 Å². The van der Waals surface area contributed by atoms with E-state index in [1.807, 2.05) is 6.92 Å². The lowest BCUT2D eigenvalue weighted by Crippen LogP contribution is -2.42. The molecule has 3 aromatic rings. The van der Waals surface area contributed by atoms with Crippen molar-refractivity contribution >= 4 is 51.7 Å². The van der Waals surface area contributed by atoms with Gasteiger partial charge in [0.2, 0.25) is 5.28 Å². The Kier molecular flexibility index (Phi) is 5.90. The summed E-state index contributed by atoms with van der Waals surface area (Å²) in [5.41, 5.74) is 6.51. The zero-order valence-electron chi connectivity index (χ0n) is 18.4. The maximum Gasteiger partial charge on any atom is 0.270 e. The van der Waals surface area contributed by atoms with E-state index in [1.54, 1.807) is 35.2 Å². The SMILES string of the molecule is CCNC(=O)[C@H]1O[C@@H](n2cnc3c(NNC(=O)c4ccsc4)nc(Cl)nc32)[C@@H]2OC(C)(C)O[C@@H]21. The van der Waals surface area contributed by atoms with E-state index >= 15 is 0 Å². The first-order valence-corrected chi connectivity index (χ1v) is 11.9. The van der Waals surface area contributed by atoms with Gasteiger partial charge >= 0.3 is 0 Å². The molecule has 34 heavy (non-hydrogen) atoms. The minimum absolute atomic E-state index is 0.0692. The number of ether oxygens (including phenoxy) is 3. The van der Waals surface area contributed by atoms with Gasteiger partial charge < -0.3 is 19.5 Å². The minimum Gasteiger partial charge on any atom is -0.354 e. The molecule has 2 aliphatic heterocycles. The summed E-state index contributed by atoms with van der Waals surface area (Å²) in [4.78, 5) is 37.8. The number of hydrazine groups is 1. The molecule has 2 fully saturated rings. The van der Waals surface area contributed by atoms with Gasteiger partial charge in [0, 0.05) is 11.9 Å². The molecule has 12 nitrogen and oxygen atoms in total. The molecular weight excluding hydrogens is 486 g/mol. The van der Waals surface area contributed by atoms with Crippen LogP contribution in [0.3, 0.4) is 0 Å². The molecule has 180 valence electrons. The van der Waals surface area contributed by atoms with E-state index in [9.17, 15) is 9.59 Å². The number of thiophene rings is 1. The molecule has 0 bridgehead atoms. The summed E-state index contributed by atoms with van der Waals surface area (Å²) in [5, 5.41) is 6.22. The maximum atomic E-state index is 12.6. The molecule has 0 unspecified atom stereocenters. The van der Waals surface area contributed by atoms with E-state index in [-0.39, 0.29) is 22.9 Å². The Hall–Kier alpha value is -2.84. The fourth-order valence-corrected chi connectivity index (χ4v) is 4.83. The Morgan fingerprint density at radius 1 is 1.26 bits per heavy atom. The smallest absolute Gasteiger partial charge is 0.270 e. The van der Waals surface area contributed by atoms with E-state index in [0.717, 1.165) is 0 Å². The fraction of sp³-hybridized carbons (Fsp3) is 0.450. The molecule has 5 rings (SSSR count). The Labute approximate surface area is 202 Å². The lowest BCUT2D eigenvalue weighted by atomic mass is 10.1. The van der Waals surface area contributed by atoms with E-state index in [1.165, 1.54) is 17.7 Å². The lowest BCUT2D eigenvalue weighted by Gasteiger charge is -2.24. The summed E-state index contributed by atoms with van der Waals surface area (Å²) in [7, 11) is 0. The van der Waals surface area contributed by atoms with Gasteiger partial charge in [-0.25, -0.2) is 4.98 Å². The molecule has 0 saturated carbocycles. The van der Waals surface area contributed by atoms with Crippen molar-refractivity contribution in [3.63, 3.8) is 0 Å². The summed E-state index contributed by atoms with van der Waals surface area (Å²) in [5.74, 6) is -1.33. The molecule has 5 heterocycles. The number of hydrogen-bond donors (Lipinski definition) is 3. The van der Waals surface area contributed by atoms with Gasteiger partial charge in [-0.15, -0.1) is 0 Å². The van der Waals surface area contributed by atoms with Crippen molar-refractivity contribution in [2.45, 2.75) is 51.1 Å². The van der Waals surface area contributed by atoms with Crippen LogP contribution in [0.4, 0.5) is 5.82 Å². The molecule has 3 N–H and O–H groups in total. The third kappa shape index (κ3) is 4.09. The van der Waals surface area contributed by atoms with E-state index < -0.39 is 30.3 Å². The van der Waals surface area contributed by atoms with E-state index in [0.29, 0.717) is 23.3 Å². The number of hydrogen-bond acceptors (Lipinski definition) is 10. The van der Waals surface area contributed by atoms with Crippen LogP contribution in [0.2, 0.25) is 5.28 Å². The first-order valence-electron chi connectivity index (χ1n) is 10.5. The monoisotopic (exact) mass is 507 g/mol. The summed E-state index contributed by atoms with van der Waals surface area (Å²) >= 11 is 7.58. The molecule has 3 aromatic heterocycles. The molecule has 0 spiro atoms. The third-order valence-electron chi connectivity index (χ3n) is 5.38. The first-order chi connectivity index (χ1) is 16.3.